The number of carbonyl (C=O) groups is 1. The van der Waals surface area contributed by atoms with E-state index in [-0.39, 0.29) is 11.7 Å². The smallest absolute Gasteiger partial charge is 0.138 e. The average molecular weight is 208 g/mol. The van der Waals surface area contributed by atoms with Crippen LogP contribution in [0.1, 0.15) is 18.4 Å². The predicted octanol–water partition coefficient (Wildman–Crippen LogP) is 2.47. The van der Waals surface area contributed by atoms with E-state index in [0.29, 0.717) is 0 Å². The Morgan fingerprint density at radius 1 is 1.57 bits per heavy atom. The Kier molecular flexibility index (Phi) is 2.50. The van der Waals surface area contributed by atoms with Gasteiger partial charge in [0.1, 0.15) is 11.5 Å². The third-order valence-electron chi connectivity index (χ3n) is 2.49. The normalized spacial score (nSPS) is 19.1. The van der Waals surface area contributed by atoms with Crippen molar-refractivity contribution in [1.29, 1.82) is 0 Å². The number of Topliss-reactive ketones (excluding diaryl/α,β-unsaturated/α-hetero) is 1. The van der Waals surface area contributed by atoms with Gasteiger partial charge in [-0.2, -0.15) is 0 Å². The van der Waals surface area contributed by atoms with Crippen molar-refractivity contribution in [3.8, 4) is 5.75 Å². The first-order chi connectivity index (χ1) is 6.74. The first-order valence-electron chi connectivity index (χ1n) is 4.54. The fourth-order valence-corrected chi connectivity index (χ4v) is 3.07. The fourth-order valence-electron chi connectivity index (χ4n) is 1.75. The van der Waals surface area contributed by atoms with Crippen molar-refractivity contribution in [3.63, 3.8) is 0 Å². The minimum absolute atomic E-state index is 0.0196. The molecule has 0 fully saturated rings. The number of hydrogen-bond acceptors (Lipinski definition) is 3. The van der Waals surface area contributed by atoms with Crippen molar-refractivity contribution in [2.45, 2.75) is 17.7 Å². The maximum atomic E-state index is 11.4. The molecule has 0 aromatic heterocycles. The average Bonchev–Trinajstić information content (AvgIpc) is 2.60. The summed E-state index contributed by atoms with van der Waals surface area (Å²) in [6.45, 7) is 1.65. The Balaban J connectivity index is 2.50. The molecule has 1 unspecified atom stereocenters. The van der Waals surface area contributed by atoms with Crippen molar-refractivity contribution in [2.75, 3.05) is 12.9 Å². The quantitative estimate of drug-likeness (QED) is 0.747. The minimum Gasteiger partial charge on any atom is -0.496 e. The number of rotatable bonds is 2. The number of thioether (sulfide) groups is 1. The number of ether oxygens (including phenoxy) is 1. The predicted molar refractivity (Wildman–Crippen MR) is 57.1 cm³/mol. The maximum absolute atomic E-state index is 11.4. The summed E-state index contributed by atoms with van der Waals surface area (Å²) in [6, 6.07) is 5.93. The van der Waals surface area contributed by atoms with E-state index in [4.69, 9.17) is 4.74 Å². The van der Waals surface area contributed by atoms with E-state index >= 15 is 0 Å². The maximum Gasteiger partial charge on any atom is 0.138 e. The Bertz CT molecular complexity index is 374. The molecule has 1 aliphatic heterocycles. The number of methoxy groups -OCH3 is 1. The van der Waals surface area contributed by atoms with Crippen LogP contribution in [-0.4, -0.2) is 18.6 Å². The number of fused-ring (bicyclic) bond motifs is 1. The number of hydrogen-bond donors (Lipinski definition) is 0. The monoisotopic (exact) mass is 208 g/mol. The van der Waals surface area contributed by atoms with E-state index in [1.807, 2.05) is 18.2 Å². The molecular formula is C11H12O2S. The van der Waals surface area contributed by atoms with Crippen LogP contribution < -0.4 is 4.74 Å². The number of benzene rings is 1. The van der Waals surface area contributed by atoms with E-state index in [1.54, 1.807) is 25.8 Å². The van der Waals surface area contributed by atoms with Gasteiger partial charge >= 0.3 is 0 Å². The van der Waals surface area contributed by atoms with Gasteiger partial charge in [0.25, 0.3) is 0 Å². The molecule has 2 rings (SSSR count). The highest BCUT2D eigenvalue weighted by Crippen LogP contribution is 2.44. The number of carbonyl (C=O) groups excluding carboxylic acids is 1. The lowest BCUT2D eigenvalue weighted by Crippen LogP contribution is -2.08. The summed E-state index contributed by atoms with van der Waals surface area (Å²) in [4.78, 5) is 12.6. The summed E-state index contributed by atoms with van der Waals surface area (Å²) in [5, 5.41) is 0. The second-order valence-corrected chi connectivity index (χ2v) is 4.41. The third-order valence-corrected chi connectivity index (χ3v) is 3.66. The summed E-state index contributed by atoms with van der Waals surface area (Å²) in [6.07, 6.45) is 0. The van der Waals surface area contributed by atoms with Gasteiger partial charge in [0, 0.05) is 16.2 Å². The molecule has 14 heavy (non-hydrogen) atoms. The zero-order valence-electron chi connectivity index (χ0n) is 8.24. The van der Waals surface area contributed by atoms with Gasteiger partial charge < -0.3 is 4.74 Å². The Morgan fingerprint density at radius 2 is 2.36 bits per heavy atom. The molecule has 0 saturated heterocycles. The first kappa shape index (κ1) is 9.59. The molecule has 0 saturated carbocycles. The summed E-state index contributed by atoms with van der Waals surface area (Å²) >= 11 is 1.73. The van der Waals surface area contributed by atoms with E-state index < -0.39 is 0 Å². The Labute approximate surface area is 87.6 Å². The van der Waals surface area contributed by atoms with Crippen LogP contribution in [0.5, 0.6) is 5.75 Å². The molecule has 0 bridgehead atoms. The molecule has 1 aromatic carbocycles. The molecule has 3 heteroatoms. The minimum atomic E-state index is 0.0196. The highest BCUT2D eigenvalue weighted by Gasteiger charge is 2.29. The van der Waals surface area contributed by atoms with Gasteiger partial charge in [-0.1, -0.05) is 6.07 Å². The summed E-state index contributed by atoms with van der Waals surface area (Å²) in [7, 11) is 1.65. The fraction of sp³-hybridized carbons (Fsp3) is 0.364. The van der Waals surface area contributed by atoms with Crippen molar-refractivity contribution < 1.29 is 9.53 Å². The number of ketones is 1. The Hall–Kier alpha value is -0.960. The van der Waals surface area contributed by atoms with Crippen LogP contribution in [0.4, 0.5) is 0 Å². The van der Waals surface area contributed by atoms with E-state index in [9.17, 15) is 4.79 Å². The Morgan fingerprint density at radius 3 is 3.00 bits per heavy atom. The highest BCUT2D eigenvalue weighted by molar-refractivity contribution is 7.99. The van der Waals surface area contributed by atoms with Crippen LogP contribution in [0.2, 0.25) is 0 Å². The van der Waals surface area contributed by atoms with E-state index in [2.05, 4.69) is 0 Å². The molecule has 0 amide bonds. The van der Waals surface area contributed by atoms with Crippen LogP contribution in [0, 0.1) is 0 Å². The molecule has 0 N–H and O–H groups in total. The van der Waals surface area contributed by atoms with Crippen molar-refractivity contribution in [2.24, 2.45) is 0 Å². The van der Waals surface area contributed by atoms with Crippen LogP contribution in [0.3, 0.4) is 0 Å². The van der Waals surface area contributed by atoms with Crippen molar-refractivity contribution >= 4 is 17.5 Å². The van der Waals surface area contributed by atoms with E-state index in [1.165, 1.54) is 4.90 Å². The topological polar surface area (TPSA) is 26.3 Å². The molecule has 2 nitrogen and oxygen atoms in total. The summed E-state index contributed by atoms with van der Waals surface area (Å²) in [5.41, 5.74) is 1.08. The van der Waals surface area contributed by atoms with Gasteiger partial charge in [-0.05, 0) is 19.1 Å². The van der Waals surface area contributed by atoms with Crippen LogP contribution in [0.25, 0.3) is 0 Å². The van der Waals surface area contributed by atoms with Crippen molar-refractivity contribution in [1.82, 2.24) is 0 Å². The largest absolute Gasteiger partial charge is 0.496 e. The van der Waals surface area contributed by atoms with Gasteiger partial charge in [0.15, 0.2) is 0 Å². The first-order valence-corrected chi connectivity index (χ1v) is 5.52. The zero-order valence-corrected chi connectivity index (χ0v) is 9.06. The zero-order chi connectivity index (χ0) is 10.1. The lowest BCUT2D eigenvalue weighted by atomic mass is 9.97. The molecule has 1 aliphatic rings. The molecule has 1 heterocycles. The van der Waals surface area contributed by atoms with Gasteiger partial charge in [-0.3, -0.25) is 4.79 Å². The van der Waals surface area contributed by atoms with Crippen LogP contribution in [0.15, 0.2) is 23.1 Å². The van der Waals surface area contributed by atoms with Crippen molar-refractivity contribution in [3.05, 3.63) is 23.8 Å². The van der Waals surface area contributed by atoms with Crippen LogP contribution >= 0.6 is 11.8 Å². The third kappa shape index (κ3) is 1.42. The molecule has 0 spiro atoms. The molecular weight excluding hydrogens is 196 g/mol. The van der Waals surface area contributed by atoms with Gasteiger partial charge in [-0.15, -0.1) is 11.8 Å². The molecule has 74 valence electrons. The second-order valence-electron chi connectivity index (χ2n) is 3.35. The lowest BCUT2D eigenvalue weighted by molar-refractivity contribution is -0.117. The second kappa shape index (κ2) is 3.65. The molecule has 1 atom stereocenters. The van der Waals surface area contributed by atoms with Crippen LogP contribution in [-0.2, 0) is 4.79 Å². The lowest BCUT2D eigenvalue weighted by Gasteiger charge is -2.10. The summed E-state index contributed by atoms with van der Waals surface area (Å²) in [5.74, 6) is 1.94. The summed E-state index contributed by atoms with van der Waals surface area (Å²) < 4.78 is 5.27. The SMILES string of the molecule is COc1cccc2c1C(C(C)=O)CS2. The van der Waals surface area contributed by atoms with Gasteiger partial charge in [0.05, 0.1) is 13.0 Å². The standard InChI is InChI=1S/C11H12O2S/c1-7(12)8-6-14-10-5-3-4-9(13-2)11(8)10/h3-5,8H,6H2,1-2H3. The molecule has 0 aliphatic carbocycles. The van der Waals surface area contributed by atoms with E-state index in [0.717, 1.165) is 17.1 Å². The van der Waals surface area contributed by atoms with Gasteiger partial charge in [0.2, 0.25) is 0 Å². The van der Waals surface area contributed by atoms with Gasteiger partial charge in [-0.25, -0.2) is 0 Å². The molecule has 1 aromatic rings. The highest BCUT2D eigenvalue weighted by atomic mass is 32.2. The molecule has 0 radical (unpaired) electrons.